The summed E-state index contributed by atoms with van der Waals surface area (Å²) in [6.07, 6.45) is 0.513. The lowest BCUT2D eigenvalue weighted by atomic mass is 9.99. The number of nitriles is 1. The van der Waals surface area contributed by atoms with Crippen LogP contribution in [0.3, 0.4) is 0 Å². The molecule has 1 aromatic carbocycles. The Bertz CT molecular complexity index is 381. The molecule has 0 amide bonds. The van der Waals surface area contributed by atoms with Gasteiger partial charge in [0.15, 0.2) is 0 Å². The molecule has 1 aliphatic rings. The number of benzene rings is 1. The molecule has 14 heavy (non-hydrogen) atoms. The molecule has 3 heteroatoms. The molecule has 0 aliphatic carbocycles. The maximum atomic E-state index is 8.62. The van der Waals surface area contributed by atoms with Crippen molar-refractivity contribution in [2.24, 2.45) is 0 Å². The molecular weight excluding hydrogens is 178 g/mol. The van der Waals surface area contributed by atoms with E-state index in [1.807, 2.05) is 18.2 Å². The largest absolute Gasteiger partial charge is 0.497 e. The summed E-state index contributed by atoms with van der Waals surface area (Å²) in [5.41, 5.74) is 1.12. The Morgan fingerprint density at radius 1 is 1.64 bits per heavy atom. The zero-order valence-corrected chi connectivity index (χ0v) is 7.99. The maximum absolute atomic E-state index is 8.62. The van der Waals surface area contributed by atoms with E-state index in [9.17, 15) is 0 Å². The van der Waals surface area contributed by atoms with E-state index in [-0.39, 0.29) is 5.92 Å². The van der Waals surface area contributed by atoms with E-state index in [0.29, 0.717) is 13.0 Å². The summed E-state index contributed by atoms with van der Waals surface area (Å²) in [4.78, 5) is 0. The van der Waals surface area contributed by atoms with Crippen LogP contribution in [0.4, 0.5) is 0 Å². The molecule has 2 rings (SSSR count). The molecule has 0 unspecified atom stereocenters. The standard InChI is InChI=1S/C11H11NO2/c1-13-9-2-3-10-8(4-5-12)7-14-11(10)6-9/h2-3,6,8H,4,7H2,1H3/t8-/m1/s1. The lowest BCUT2D eigenvalue weighted by Gasteiger charge is -2.04. The monoisotopic (exact) mass is 189 g/mol. The highest BCUT2D eigenvalue weighted by atomic mass is 16.5. The average molecular weight is 189 g/mol. The van der Waals surface area contributed by atoms with Crippen molar-refractivity contribution >= 4 is 0 Å². The van der Waals surface area contributed by atoms with Crippen LogP contribution >= 0.6 is 0 Å². The van der Waals surface area contributed by atoms with Gasteiger partial charge in [0.25, 0.3) is 0 Å². The number of nitrogens with zero attached hydrogens (tertiary/aromatic N) is 1. The Labute approximate surface area is 82.9 Å². The van der Waals surface area contributed by atoms with Crippen LogP contribution in [0.5, 0.6) is 11.5 Å². The molecule has 1 heterocycles. The van der Waals surface area contributed by atoms with Crippen molar-refractivity contribution < 1.29 is 9.47 Å². The molecule has 1 aromatic rings. The van der Waals surface area contributed by atoms with Crippen molar-refractivity contribution in [2.45, 2.75) is 12.3 Å². The van der Waals surface area contributed by atoms with Crippen LogP contribution in [0.15, 0.2) is 18.2 Å². The first-order chi connectivity index (χ1) is 6.85. The minimum Gasteiger partial charge on any atom is -0.497 e. The first-order valence-electron chi connectivity index (χ1n) is 4.53. The summed E-state index contributed by atoms with van der Waals surface area (Å²) >= 11 is 0. The average Bonchev–Trinajstić information content (AvgIpc) is 2.61. The highest BCUT2D eigenvalue weighted by Gasteiger charge is 2.23. The lowest BCUT2D eigenvalue weighted by Crippen LogP contribution is -1.98. The summed E-state index contributed by atoms with van der Waals surface area (Å²) in [5.74, 6) is 1.87. The van der Waals surface area contributed by atoms with Gasteiger partial charge < -0.3 is 9.47 Å². The number of methoxy groups -OCH3 is 1. The minimum atomic E-state index is 0.223. The molecule has 0 N–H and O–H groups in total. The molecular formula is C11H11NO2. The molecule has 72 valence electrons. The van der Waals surface area contributed by atoms with Crippen molar-refractivity contribution in [3.63, 3.8) is 0 Å². The topological polar surface area (TPSA) is 42.2 Å². The van der Waals surface area contributed by atoms with Gasteiger partial charge in [0, 0.05) is 24.0 Å². The van der Waals surface area contributed by atoms with Gasteiger partial charge in [-0.1, -0.05) is 6.07 Å². The zero-order valence-electron chi connectivity index (χ0n) is 7.99. The Morgan fingerprint density at radius 3 is 3.21 bits per heavy atom. The lowest BCUT2D eigenvalue weighted by molar-refractivity contribution is 0.330. The van der Waals surface area contributed by atoms with Crippen molar-refractivity contribution in [1.82, 2.24) is 0 Å². The predicted molar refractivity (Wildman–Crippen MR) is 51.5 cm³/mol. The summed E-state index contributed by atoms with van der Waals surface area (Å²) in [5, 5.41) is 8.62. The van der Waals surface area contributed by atoms with Crippen molar-refractivity contribution in [2.75, 3.05) is 13.7 Å². The number of rotatable bonds is 2. The SMILES string of the molecule is COc1ccc2c(c1)OC[C@H]2CC#N. The van der Waals surface area contributed by atoms with Gasteiger partial charge in [-0.05, 0) is 6.07 Å². The van der Waals surface area contributed by atoms with Crippen molar-refractivity contribution in [3.05, 3.63) is 23.8 Å². The van der Waals surface area contributed by atoms with E-state index in [2.05, 4.69) is 6.07 Å². The minimum absolute atomic E-state index is 0.223. The Morgan fingerprint density at radius 2 is 2.50 bits per heavy atom. The van der Waals surface area contributed by atoms with Crippen LogP contribution in [-0.2, 0) is 0 Å². The summed E-state index contributed by atoms with van der Waals surface area (Å²) in [7, 11) is 1.63. The van der Waals surface area contributed by atoms with Crippen LogP contribution in [0.2, 0.25) is 0 Å². The molecule has 1 atom stereocenters. The van der Waals surface area contributed by atoms with Crippen LogP contribution in [-0.4, -0.2) is 13.7 Å². The molecule has 0 radical (unpaired) electrons. The Kier molecular flexibility index (Phi) is 2.28. The van der Waals surface area contributed by atoms with Gasteiger partial charge in [0.1, 0.15) is 11.5 Å². The summed E-state index contributed by atoms with van der Waals surface area (Å²) in [6.45, 7) is 0.607. The second-order valence-corrected chi connectivity index (χ2v) is 3.27. The van der Waals surface area contributed by atoms with E-state index in [1.54, 1.807) is 7.11 Å². The van der Waals surface area contributed by atoms with E-state index in [1.165, 1.54) is 0 Å². The molecule has 3 nitrogen and oxygen atoms in total. The second-order valence-electron chi connectivity index (χ2n) is 3.27. The van der Waals surface area contributed by atoms with Gasteiger partial charge in [-0.2, -0.15) is 5.26 Å². The highest BCUT2D eigenvalue weighted by molar-refractivity contribution is 5.45. The molecule has 0 aromatic heterocycles. The van der Waals surface area contributed by atoms with E-state index in [4.69, 9.17) is 14.7 Å². The second kappa shape index (κ2) is 3.59. The first kappa shape index (κ1) is 8.89. The van der Waals surface area contributed by atoms with Gasteiger partial charge in [0.05, 0.1) is 19.8 Å². The normalized spacial score (nSPS) is 18.1. The predicted octanol–water partition coefficient (Wildman–Crippen LogP) is 2.08. The van der Waals surface area contributed by atoms with Gasteiger partial charge in [-0.3, -0.25) is 0 Å². The van der Waals surface area contributed by atoms with Crippen molar-refractivity contribution in [1.29, 1.82) is 5.26 Å². The van der Waals surface area contributed by atoms with Gasteiger partial charge in [-0.15, -0.1) is 0 Å². The van der Waals surface area contributed by atoms with Gasteiger partial charge >= 0.3 is 0 Å². The molecule has 0 spiro atoms. The van der Waals surface area contributed by atoms with Crippen LogP contribution in [0, 0.1) is 11.3 Å². The molecule has 0 fully saturated rings. The van der Waals surface area contributed by atoms with Crippen LogP contribution < -0.4 is 9.47 Å². The Balaban J connectivity index is 2.30. The van der Waals surface area contributed by atoms with Crippen LogP contribution in [0.1, 0.15) is 17.9 Å². The highest BCUT2D eigenvalue weighted by Crippen LogP contribution is 2.37. The van der Waals surface area contributed by atoms with E-state index < -0.39 is 0 Å². The fourth-order valence-corrected chi connectivity index (χ4v) is 1.66. The quantitative estimate of drug-likeness (QED) is 0.715. The molecule has 0 bridgehead atoms. The number of fused-ring (bicyclic) bond motifs is 1. The fraction of sp³-hybridized carbons (Fsp3) is 0.364. The molecule has 1 aliphatic heterocycles. The molecule has 0 saturated heterocycles. The number of hydrogen-bond donors (Lipinski definition) is 0. The summed E-state index contributed by atoms with van der Waals surface area (Å²) in [6, 6.07) is 7.91. The van der Waals surface area contributed by atoms with E-state index in [0.717, 1.165) is 17.1 Å². The fourth-order valence-electron chi connectivity index (χ4n) is 1.66. The third kappa shape index (κ3) is 1.39. The number of ether oxygens (including phenoxy) is 2. The first-order valence-corrected chi connectivity index (χ1v) is 4.53. The molecule has 0 saturated carbocycles. The Hall–Kier alpha value is -1.69. The third-order valence-corrected chi connectivity index (χ3v) is 2.44. The van der Waals surface area contributed by atoms with Gasteiger partial charge in [0.2, 0.25) is 0 Å². The third-order valence-electron chi connectivity index (χ3n) is 2.44. The summed E-state index contributed by atoms with van der Waals surface area (Å²) < 4.78 is 10.6. The van der Waals surface area contributed by atoms with E-state index >= 15 is 0 Å². The van der Waals surface area contributed by atoms with Crippen molar-refractivity contribution in [3.8, 4) is 17.6 Å². The van der Waals surface area contributed by atoms with Crippen LogP contribution in [0.25, 0.3) is 0 Å². The smallest absolute Gasteiger partial charge is 0.126 e. The van der Waals surface area contributed by atoms with Gasteiger partial charge in [-0.25, -0.2) is 0 Å². The zero-order chi connectivity index (χ0) is 9.97. The maximum Gasteiger partial charge on any atom is 0.126 e. The number of hydrogen-bond acceptors (Lipinski definition) is 3.